The van der Waals surface area contributed by atoms with Crippen molar-refractivity contribution in [2.45, 2.75) is 38.5 Å². The summed E-state index contributed by atoms with van der Waals surface area (Å²) in [6.45, 7) is 5.96. The van der Waals surface area contributed by atoms with Gasteiger partial charge in [-0.1, -0.05) is 32.0 Å². The second-order valence-electron chi connectivity index (χ2n) is 5.24. The monoisotopic (exact) mass is 284 g/mol. The fourth-order valence-electron chi connectivity index (χ4n) is 1.88. The maximum atomic E-state index is 10.1. The summed E-state index contributed by atoms with van der Waals surface area (Å²) < 4.78 is 0. The van der Waals surface area contributed by atoms with Gasteiger partial charge in [-0.25, -0.2) is 0 Å². The van der Waals surface area contributed by atoms with E-state index >= 15 is 0 Å². The van der Waals surface area contributed by atoms with E-state index in [4.69, 9.17) is 5.11 Å². The third kappa shape index (κ3) is 5.05. The van der Waals surface area contributed by atoms with Gasteiger partial charge >= 0.3 is 0 Å². The number of phenols is 1. The number of aromatic hydroxyl groups is 1. The molecule has 2 unspecified atom stereocenters. The Morgan fingerprint density at radius 2 is 1.95 bits per heavy atom. The Morgan fingerprint density at radius 1 is 1.26 bits per heavy atom. The topological polar surface area (TPSA) is 60.7 Å². The van der Waals surface area contributed by atoms with Crippen LogP contribution < -0.4 is 0 Å². The maximum absolute atomic E-state index is 10.1. The van der Waals surface area contributed by atoms with Crippen molar-refractivity contribution in [1.82, 2.24) is 0 Å². The van der Waals surface area contributed by atoms with Gasteiger partial charge in [0.05, 0.1) is 12.7 Å². The Kier molecular flexibility index (Phi) is 6.69. The first-order valence-corrected chi connectivity index (χ1v) is 7.68. The molecule has 0 aliphatic rings. The van der Waals surface area contributed by atoms with E-state index in [0.29, 0.717) is 22.7 Å². The summed E-state index contributed by atoms with van der Waals surface area (Å²) in [5, 5.41) is 28.7. The number of rotatable bonds is 7. The predicted molar refractivity (Wildman–Crippen MR) is 80.7 cm³/mol. The van der Waals surface area contributed by atoms with Crippen LogP contribution >= 0.6 is 11.8 Å². The lowest BCUT2D eigenvalue weighted by Crippen LogP contribution is -2.21. The average molecular weight is 284 g/mol. The van der Waals surface area contributed by atoms with Gasteiger partial charge in [0.15, 0.2) is 0 Å². The van der Waals surface area contributed by atoms with E-state index in [1.807, 2.05) is 25.1 Å². The first-order valence-electron chi connectivity index (χ1n) is 6.63. The van der Waals surface area contributed by atoms with Crippen molar-refractivity contribution in [3.63, 3.8) is 0 Å². The molecule has 0 saturated carbocycles. The van der Waals surface area contributed by atoms with Crippen molar-refractivity contribution in [3.8, 4) is 5.75 Å². The Labute approximate surface area is 119 Å². The van der Waals surface area contributed by atoms with Gasteiger partial charge in [-0.05, 0) is 30.4 Å². The molecular weight excluding hydrogens is 260 g/mol. The minimum atomic E-state index is -0.669. The number of phenolic OH excluding ortho intramolecular Hbond substituents is 1. The van der Waals surface area contributed by atoms with E-state index in [2.05, 4.69) is 13.8 Å². The molecule has 0 aliphatic heterocycles. The van der Waals surface area contributed by atoms with Gasteiger partial charge in [-0.3, -0.25) is 0 Å². The molecule has 3 N–H and O–H groups in total. The van der Waals surface area contributed by atoms with Crippen LogP contribution in [0.5, 0.6) is 5.75 Å². The van der Waals surface area contributed by atoms with E-state index in [0.717, 1.165) is 17.5 Å². The predicted octanol–water partition coefficient (Wildman–Crippen LogP) is 2.35. The zero-order valence-electron chi connectivity index (χ0n) is 11.8. The van der Waals surface area contributed by atoms with E-state index in [1.165, 1.54) is 0 Å². The number of hydrogen-bond acceptors (Lipinski definition) is 4. The third-order valence-electron chi connectivity index (χ3n) is 3.20. The van der Waals surface area contributed by atoms with Gasteiger partial charge in [0.1, 0.15) is 5.75 Å². The standard InChI is InChI=1S/C15H24O3S/c1-10(2)14(19-9-13(17)8-16)7-12-6-4-5-11(3)15(12)18/h4-6,10,13-14,16-18H,7-9H2,1-3H3. The van der Waals surface area contributed by atoms with Crippen molar-refractivity contribution in [2.24, 2.45) is 5.92 Å². The molecule has 0 spiro atoms. The maximum Gasteiger partial charge on any atom is 0.121 e. The number of hydrogen-bond donors (Lipinski definition) is 3. The number of thioether (sulfide) groups is 1. The Hall–Kier alpha value is -0.710. The molecular formula is C15H24O3S. The smallest absolute Gasteiger partial charge is 0.121 e. The molecule has 3 nitrogen and oxygen atoms in total. The number of benzene rings is 1. The molecule has 0 saturated heterocycles. The van der Waals surface area contributed by atoms with Crippen LogP contribution in [-0.2, 0) is 6.42 Å². The van der Waals surface area contributed by atoms with E-state index < -0.39 is 6.10 Å². The minimum Gasteiger partial charge on any atom is -0.507 e. The van der Waals surface area contributed by atoms with Gasteiger partial charge in [0.2, 0.25) is 0 Å². The number of aliphatic hydroxyl groups excluding tert-OH is 2. The number of aliphatic hydroxyl groups is 2. The summed E-state index contributed by atoms with van der Waals surface area (Å²) in [5.41, 5.74) is 1.84. The van der Waals surface area contributed by atoms with Crippen molar-refractivity contribution < 1.29 is 15.3 Å². The Morgan fingerprint density at radius 3 is 2.53 bits per heavy atom. The van der Waals surface area contributed by atoms with E-state index in [1.54, 1.807) is 11.8 Å². The molecule has 2 atom stereocenters. The van der Waals surface area contributed by atoms with Crippen LogP contribution in [0.15, 0.2) is 18.2 Å². The molecule has 1 aromatic rings. The van der Waals surface area contributed by atoms with Crippen LogP contribution in [0.3, 0.4) is 0 Å². The Bertz CT molecular complexity index is 393. The van der Waals surface area contributed by atoms with Gasteiger partial charge in [0.25, 0.3) is 0 Å². The van der Waals surface area contributed by atoms with Gasteiger partial charge in [0, 0.05) is 11.0 Å². The second-order valence-corrected chi connectivity index (χ2v) is 6.51. The van der Waals surface area contributed by atoms with E-state index in [9.17, 15) is 10.2 Å². The first kappa shape index (κ1) is 16.3. The van der Waals surface area contributed by atoms with Crippen molar-refractivity contribution in [2.75, 3.05) is 12.4 Å². The highest BCUT2D eigenvalue weighted by atomic mass is 32.2. The summed E-state index contributed by atoms with van der Waals surface area (Å²) in [6.07, 6.45) is 0.103. The van der Waals surface area contributed by atoms with Gasteiger partial charge < -0.3 is 15.3 Å². The lowest BCUT2D eigenvalue weighted by atomic mass is 9.99. The molecule has 108 valence electrons. The average Bonchev–Trinajstić information content (AvgIpc) is 2.38. The van der Waals surface area contributed by atoms with Crippen LogP contribution in [0.1, 0.15) is 25.0 Å². The molecule has 0 amide bonds. The molecule has 0 fully saturated rings. The molecule has 0 aliphatic carbocycles. The van der Waals surface area contributed by atoms with Crippen LogP contribution in [0.25, 0.3) is 0 Å². The van der Waals surface area contributed by atoms with Gasteiger partial charge in [-0.2, -0.15) is 11.8 Å². The van der Waals surface area contributed by atoms with Crippen LogP contribution in [0, 0.1) is 12.8 Å². The lowest BCUT2D eigenvalue weighted by molar-refractivity contribution is 0.113. The van der Waals surface area contributed by atoms with Crippen molar-refractivity contribution in [3.05, 3.63) is 29.3 Å². The summed E-state index contributed by atoms with van der Waals surface area (Å²) in [7, 11) is 0. The summed E-state index contributed by atoms with van der Waals surface area (Å²) in [6, 6.07) is 5.79. The normalized spacial score (nSPS) is 14.6. The van der Waals surface area contributed by atoms with E-state index in [-0.39, 0.29) is 6.61 Å². The van der Waals surface area contributed by atoms with Crippen LogP contribution in [-0.4, -0.2) is 39.0 Å². The fraction of sp³-hybridized carbons (Fsp3) is 0.600. The third-order valence-corrected chi connectivity index (χ3v) is 4.92. The summed E-state index contributed by atoms with van der Waals surface area (Å²) >= 11 is 1.65. The zero-order valence-corrected chi connectivity index (χ0v) is 12.7. The first-order chi connectivity index (χ1) is 8.95. The molecule has 19 heavy (non-hydrogen) atoms. The highest BCUT2D eigenvalue weighted by Gasteiger charge is 2.18. The van der Waals surface area contributed by atoms with Crippen molar-refractivity contribution >= 4 is 11.8 Å². The highest BCUT2D eigenvalue weighted by molar-refractivity contribution is 7.99. The SMILES string of the molecule is Cc1cccc(CC(SCC(O)CO)C(C)C)c1O. The Balaban J connectivity index is 2.70. The fourth-order valence-corrected chi connectivity index (χ4v) is 3.13. The lowest BCUT2D eigenvalue weighted by Gasteiger charge is -2.22. The molecule has 0 radical (unpaired) electrons. The number of aryl methyl sites for hydroxylation is 1. The van der Waals surface area contributed by atoms with Crippen molar-refractivity contribution in [1.29, 1.82) is 0 Å². The zero-order chi connectivity index (χ0) is 14.4. The molecule has 0 heterocycles. The minimum absolute atomic E-state index is 0.201. The molecule has 1 rings (SSSR count). The quantitative estimate of drug-likeness (QED) is 0.719. The van der Waals surface area contributed by atoms with Crippen LogP contribution in [0.2, 0.25) is 0 Å². The second kappa shape index (κ2) is 7.78. The number of para-hydroxylation sites is 1. The van der Waals surface area contributed by atoms with Crippen LogP contribution in [0.4, 0.5) is 0 Å². The molecule has 0 aromatic heterocycles. The highest BCUT2D eigenvalue weighted by Crippen LogP contribution is 2.29. The molecule has 1 aromatic carbocycles. The van der Waals surface area contributed by atoms with Gasteiger partial charge in [-0.15, -0.1) is 0 Å². The summed E-state index contributed by atoms with van der Waals surface area (Å²) in [4.78, 5) is 0. The molecule has 0 bridgehead atoms. The summed E-state index contributed by atoms with van der Waals surface area (Å²) in [5.74, 6) is 1.33. The molecule has 4 heteroatoms. The largest absolute Gasteiger partial charge is 0.507 e.